The average molecular weight is 261 g/mol. The van der Waals surface area contributed by atoms with Crippen molar-refractivity contribution in [1.29, 1.82) is 0 Å². The molecule has 0 bridgehead atoms. The molecule has 0 radical (unpaired) electrons. The molecule has 2 N–H and O–H groups in total. The molecule has 0 unspecified atom stereocenters. The predicted octanol–water partition coefficient (Wildman–Crippen LogP) is 0.875. The van der Waals surface area contributed by atoms with E-state index in [-0.39, 0.29) is 12.5 Å². The fraction of sp³-hybridized carbons (Fsp3) is 0.333. The van der Waals surface area contributed by atoms with Gasteiger partial charge in [-0.2, -0.15) is 0 Å². The highest BCUT2D eigenvalue weighted by Crippen LogP contribution is 2.15. The van der Waals surface area contributed by atoms with Crippen LogP contribution in [0.15, 0.2) is 24.5 Å². The number of carbonyl (C=O) groups excluding carboxylic acids is 1. The van der Waals surface area contributed by atoms with Gasteiger partial charge < -0.3 is 15.0 Å². The van der Waals surface area contributed by atoms with Gasteiger partial charge in [0.1, 0.15) is 24.4 Å². The van der Waals surface area contributed by atoms with Crippen molar-refractivity contribution < 1.29 is 9.53 Å². The average Bonchev–Trinajstić information content (AvgIpc) is 2.84. The first-order chi connectivity index (χ1) is 9.20. The van der Waals surface area contributed by atoms with Crippen molar-refractivity contribution >= 4 is 11.8 Å². The van der Waals surface area contributed by atoms with E-state index in [1.54, 1.807) is 22.8 Å². The zero-order valence-electron chi connectivity index (χ0n) is 10.6. The lowest BCUT2D eigenvalue weighted by molar-refractivity contribution is -0.144. The lowest BCUT2D eigenvalue weighted by Gasteiger charge is -2.06. The Morgan fingerprint density at radius 2 is 2.32 bits per heavy atom. The number of esters is 1. The molecule has 7 nitrogen and oxygen atoms in total. The standard InChI is InChI=1S/C12H15N5O2/c1-2-6-19-11(18)7-17-8-14-16-12(17)9-4-3-5-10(13)15-9/h3-5,8H,2,6-7H2,1H3,(H2,13,15). The molecule has 2 aromatic rings. The molecule has 0 saturated heterocycles. The number of carbonyl (C=O) groups is 1. The lowest BCUT2D eigenvalue weighted by atomic mass is 10.3. The molecule has 0 atom stereocenters. The summed E-state index contributed by atoms with van der Waals surface area (Å²) >= 11 is 0. The minimum Gasteiger partial charge on any atom is -0.464 e. The Bertz CT molecular complexity index is 567. The van der Waals surface area contributed by atoms with Crippen molar-refractivity contribution in [2.75, 3.05) is 12.3 Å². The minimum absolute atomic E-state index is 0.0544. The molecule has 100 valence electrons. The molecule has 0 spiro atoms. The third-order valence-corrected chi connectivity index (χ3v) is 2.38. The maximum absolute atomic E-state index is 11.6. The number of aromatic nitrogens is 4. The normalized spacial score (nSPS) is 10.4. The molecular formula is C12H15N5O2. The summed E-state index contributed by atoms with van der Waals surface area (Å²) in [6, 6.07) is 5.21. The van der Waals surface area contributed by atoms with Crippen LogP contribution in [0.4, 0.5) is 5.82 Å². The van der Waals surface area contributed by atoms with Crippen LogP contribution in [-0.2, 0) is 16.1 Å². The molecule has 0 saturated carbocycles. The summed E-state index contributed by atoms with van der Waals surface area (Å²) in [6.45, 7) is 2.40. The van der Waals surface area contributed by atoms with Gasteiger partial charge in [0.05, 0.1) is 6.61 Å². The highest BCUT2D eigenvalue weighted by Gasteiger charge is 2.12. The second kappa shape index (κ2) is 5.94. The van der Waals surface area contributed by atoms with Crippen LogP contribution in [0.2, 0.25) is 0 Å². The number of nitrogen functional groups attached to an aromatic ring is 1. The van der Waals surface area contributed by atoms with Crippen LogP contribution < -0.4 is 5.73 Å². The number of pyridine rings is 1. The van der Waals surface area contributed by atoms with Gasteiger partial charge >= 0.3 is 5.97 Å². The van der Waals surface area contributed by atoms with Crippen LogP contribution in [0.1, 0.15) is 13.3 Å². The molecule has 0 fully saturated rings. The van der Waals surface area contributed by atoms with Crippen LogP contribution in [0.5, 0.6) is 0 Å². The van der Waals surface area contributed by atoms with E-state index in [0.29, 0.717) is 23.9 Å². The maximum Gasteiger partial charge on any atom is 0.326 e. The van der Waals surface area contributed by atoms with Crippen molar-refractivity contribution in [2.24, 2.45) is 0 Å². The van der Waals surface area contributed by atoms with Gasteiger partial charge in [-0.3, -0.25) is 4.79 Å². The molecule has 7 heteroatoms. The molecule has 0 aliphatic carbocycles. The number of hydrogen-bond acceptors (Lipinski definition) is 6. The van der Waals surface area contributed by atoms with E-state index in [4.69, 9.17) is 10.5 Å². The smallest absolute Gasteiger partial charge is 0.326 e. The molecule has 0 amide bonds. The zero-order valence-corrected chi connectivity index (χ0v) is 10.6. The molecule has 2 rings (SSSR count). The van der Waals surface area contributed by atoms with E-state index >= 15 is 0 Å². The Labute approximate surface area is 110 Å². The Hall–Kier alpha value is -2.44. The SMILES string of the molecule is CCCOC(=O)Cn1cnnc1-c1cccc(N)n1. The van der Waals surface area contributed by atoms with Crippen molar-refractivity contribution in [1.82, 2.24) is 19.7 Å². The van der Waals surface area contributed by atoms with Gasteiger partial charge in [-0.15, -0.1) is 10.2 Å². The minimum atomic E-state index is -0.327. The first-order valence-corrected chi connectivity index (χ1v) is 5.97. The van der Waals surface area contributed by atoms with Gasteiger partial charge in [-0.1, -0.05) is 13.0 Å². The Balaban J connectivity index is 2.16. The second-order valence-electron chi connectivity index (χ2n) is 3.95. The summed E-state index contributed by atoms with van der Waals surface area (Å²) in [6.07, 6.45) is 2.25. The molecular weight excluding hydrogens is 246 g/mol. The van der Waals surface area contributed by atoms with Gasteiger partial charge in [0, 0.05) is 0 Å². The van der Waals surface area contributed by atoms with Crippen LogP contribution in [-0.4, -0.2) is 32.3 Å². The van der Waals surface area contributed by atoms with Crippen LogP contribution in [0, 0.1) is 0 Å². The number of hydrogen-bond donors (Lipinski definition) is 1. The summed E-state index contributed by atoms with van der Waals surface area (Å²) < 4.78 is 6.60. The van der Waals surface area contributed by atoms with Crippen molar-refractivity contribution in [2.45, 2.75) is 19.9 Å². The van der Waals surface area contributed by atoms with Gasteiger partial charge in [-0.05, 0) is 18.6 Å². The molecule has 19 heavy (non-hydrogen) atoms. The van der Waals surface area contributed by atoms with Gasteiger partial charge in [-0.25, -0.2) is 4.98 Å². The maximum atomic E-state index is 11.6. The molecule has 0 aromatic carbocycles. The summed E-state index contributed by atoms with van der Waals surface area (Å²) in [5.41, 5.74) is 6.19. The number of nitrogens with zero attached hydrogens (tertiary/aromatic N) is 4. The quantitative estimate of drug-likeness (QED) is 0.802. The van der Waals surface area contributed by atoms with E-state index in [0.717, 1.165) is 6.42 Å². The predicted molar refractivity (Wildman–Crippen MR) is 68.9 cm³/mol. The summed E-state index contributed by atoms with van der Waals surface area (Å²) in [5, 5.41) is 7.73. The largest absolute Gasteiger partial charge is 0.464 e. The second-order valence-corrected chi connectivity index (χ2v) is 3.95. The fourth-order valence-corrected chi connectivity index (χ4v) is 1.55. The molecule has 2 heterocycles. The Morgan fingerprint density at radius 3 is 3.05 bits per heavy atom. The Morgan fingerprint density at radius 1 is 1.47 bits per heavy atom. The highest BCUT2D eigenvalue weighted by molar-refractivity contribution is 5.70. The first kappa shape index (κ1) is 13.0. The van der Waals surface area contributed by atoms with Crippen molar-refractivity contribution in [3.05, 3.63) is 24.5 Å². The number of ether oxygens (including phenoxy) is 1. The van der Waals surface area contributed by atoms with Crippen LogP contribution in [0.3, 0.4) is 0 Å². The van der Waals surface area contributed by atoms with E-state index in [9.17, 15) is 4.79 Å². The Kier molecular flexibility index (Phi) is 4.07. The van der Waals surface area contributed by atoms with Crippen molar-refractivity contribution in [3.63, 3.8) is 0 Å². The molecule has 0 aliphatic heterocycles. The lowest BCUT2D eigenvalue weighted by Crippen LogP contribution is -2.14. The van der Waals surface area contributed by atoms with Crippen LogP contribution in [0.25, 0.3) is 11.5 Å². The highest BCUT2D eigenvalue weighted by atomic mass is 16.5. The van der Waals surface area contributed by atoms with E-state index in [2.05, 4.69) is 15.2 Å². The van der Waals surface area contributed by atoms with E-state index < -0.39 is 0 Å². The topological polar surface area (TPSA) is 95.9 Å². The van der Waals surface area contributed by atoms with Crippen LogP contribution >= 0.6 is 0 Å². The fourth-order valence-electron chi connectivity index (χ4n) is 1.55. The number of nitrogens with two attached hydrogens (primary N) is 1. The van der Waals surface area contributed by atoms with Crippen molar-refractivity contribution in [3.8, 4) is 11.5 Å². The first-order valence-electron chi connectivity index (χ1n) is 5.97. The zero-order chi connectivity index (χ0) is 13.7. The summed E-state index contributed by atoms with van der Waals surface area (Å²) in [5.74, 6) is 0.549. The molecule has 0 aliphatic rings. The number of anilines is 1. The van der Waals surface area contributed by atoms with E-state index in [1.807, 2.05) is 6.92 Å². The third-order valence-electron chi connectivity index (χ3n) is 2.38. The van der Waals surface area contributed by atoms with Gasteiger partial charge in [0.25, 0.3) is 0 Å². The monoisotopic (exact) mass is 261 g/mol. The summed E-state index contributed by atoms with van der Waals surface area (Å²) in [7, 11) is 0. The third kappa shape index (κ3) is 3.27. The summed E-state index contributed by atoms with van der Waals surface area (Å²) in [4.78, 5) is 15.7. The number of rotatable bonds is 5. The molecule has 2 aromatic heterocycles. The van der Waals surface area contributed by atoms with Gasteiger partial charge in [0.15, 0.2) is 5.82 Å². The van der Waals surface area contributed by atoms with E-state index in [1.165, 1.54) is 6.33 Å². The van der Waals surface area contributed by atoms with Gasteiger partial charge in [0.2, 0.25) is 0 Å².